The van der Waals surface area contributed by atoms with Crippen molar-refractivity contribution in [2.24, 2.45) is 0 Å². The van der Waals surface area contributed by atoms with Gasteiger partial charge < -0.3 is 0 Å². The first-order chi connectivity index (χ1) is 9.01. The van der Waals surface area contributed by atoms with Crippen LogP contribution in [0.15, 0.2) is 53.4 Å². The van der Waals surface area contributed by atoms with E-state index in [1.807, 2.05) is 13.0 Å². The average molecular weight is 271 g/mol. The van der Waals surface area contributed by atoms with Crippen molar-refractivity contribution in [1.29, 1.82) is 0 Å². The van der Waals surface area contributed by atoms with E-state index in [1.54, 1.807) is 42.5 Å². The normalized spacial score (nSPS) is 10.7. The first-order valence-electron chi connectivity index (χ1n) is 5.67. The maximum atomic E-state index is 12.2. The minimum absolute atomic E-state index is 0.235. The molecule has 0 bridgehead atoms. The van der Waals surface area contributed by atoms with E-state index in [2.05, 4.69) is 10.6 Å². The monoisotopic (exact) mass is 271 g/mol. The third kappa shape index (κ3) is 3.15. The van der Waals surface area contributed by atoms with Crippen molar-refractivity contribution < 1.29 is 8.42 Å². The van der Waals surface area contributed by atoms with Crippen molar-refractivity contribution in [3.05, 3.63) is 59.7 Å². The van der Waals surface area contributed by atoms with Gasteiger partial charge in [0.1, 0.15) is 0 Å². The van der Waals surface area contributed by atoms with E-state index in [9.17, 15) is 8.42 Å². The van der Waals surface area contributed by atoms with Crippen molar-refractivity contribution in [2.45, 2.75) is 11.8 Å². The molecule has 0 unspecified atom stereocenters. The molecule has 0 saturated heterocycles. The van der Waals surface area contributed by atoms with Gasteiger partial charge >= 0.3 is 0 Å². The molecule has 0 aliphatic rings. The van der Waals surface area contributed by atoms with Crippen molar-refractivity contribution >= 4 is 15.7 Å². The zero-order valence-corrected chi connectivity index (χ0v) is 11.2. The number of aryl methyl sites for hydroxylation is 1. The largest absolute Gasteiger partial charge is 0.280 e. The third-order valence-corrected chi connectivity index (χ3v) is 3.96. The standard InChI is InChI=1S/C15H13NO2S/c1-3-13-7-5-8-14(11-13)16-19(17,18)15-9-4-6-12(2)10-15/h1,4-11,16H,2H3. The van der Waals surface area contributed by atoms with E-state index in [4.69, 9.17) is 6.42 Å². The van der Waals surface area contributed by atoms with E-state index >= 15 is 0 Å². The molecule has 2 aromatic rings. The summed E-state index contributed by atoms with van der Waals surface area (Å²) in [6.45, 7) is 1.85. The van der Waals surface area contributed by atoms with Crippen LogP contribution in [0.25, 0.3) is 0 Å². The summed E-state index contributed by atoms with van der Waals surface area (Å²) < 4.78 is 26.9. The summed E-state index contributed by atoms with van der Waals surface area (Å²) in [7, 11) is -3.58. The quantitative estimate of drug-likeness (QED) is 0.872. The number of rotatable bonds is 3. The summed E-state index contributed by atoms with van der Waals surface area (Å²) >= 11 is 0. The fourth-order valence-electron chi connectivity index (χ4n) is 1.67. The Morgan fingerprint density at radius 3 is 2.53 bits per heavy atom. The van der Waals surface area contributed by atoms with Crippen LogP contribution in [0.3, 0.4) is 0 Å². The van der Waals surface area contributed by atoms with Gasteiger partial charge in [-0.2, -0.15) is 0 Å². The maximum absolute atomic E-state index is 12.2. The Bertz CT molecular complexity index is 743. The average Bonchev–Trinajstić information content (AvgIpc) is 2.38. The van der Waals surface area contributed by atoms with Crippen molar-refractivity contribution in [1.82, 2.24) is 0 Å². The Hall–Kier alpha value is -2.25. The molecule has 19 heavy (non-hydrogen) atoms. The molecule has 0 aliphatic heterocycles. The first-order valence-corrected chi connectivity index (χ1v) is 7.16. The Morgan fingerprint density at radius 2 is 1.84 bits per heavy atom. The second kappa shape index (κ2) is 5.17. The van der Waals surface area contributed by atoms with E-state index in [0.717, 1.165) is 5.56 Å². The van der Waals surface area contributed by atoms with Crippen LogP contribution in [0.4, 0.5) is 5.69 Å². The van der Waals surface area contributed by atoms with E-state index in [-0.39, 0.29) is 4.90 Å². The molecule has 0 spiro atoms. The lowest BCUT2D eigenvalue weighted by atomic mass is 10.2. The van der Waals surface area contributed by atoms with Gasteiger partial charge in [-0.1, -0.05) is 24.1 Å². The molecular formula is C15H13NO2S. The number of benzene rings is 2. The number of hydrogen-bond acceptors (Lipinski definition) is 2. The maximum Gasteiger partial charge on any atom is 0.261 e. The molecule has 0 fully saturated rings. The van der Waals surface area contributed by atoms with Gasteiger partial charge in [-0.05, 0) is 42.8 Å². The SMILES string of the molecule is C#Cc1cccc(NS(=O)(=O)c2cccc(C)c2)c1. The van der Waals surface area contributed by atoms with Crippen LogP contribution in [0.1, 0.15) is 11.1 Å². The highest BCUT2D eigenvalue weighted by Gasteiger charge is 2.13. The first kappa shape index (κ1) is 13.2. The van der Waals surface area contributed by atoms with Gasteiger partial charge in [-0.15, -0.1) is 6.42 Å². The van der Waals surface area contributed by atoms with Crippen LogP contribution >= 0.6 is 0 Å². The summed E-state index contributed by atoms with van der Waals surface area (Å²) in [5, 5.41) is 0. The number of sulfonamides is 1. The van der Waals surface area contributed by atoms with Gasteiger partial charge in [-0.3, -0.25) is 4.72 Å². The molecule has 2 rings (SSSR count). The van der Waals surface area contributed by atoms with Crippen LogP contribution in [-0.4, -0.2) is 8.42 Å². The van der Waals surface area contributed by atoms with Gasteiger partial charge in [0.2, 0.25) is 0 Å². The third-order valence-electron chi connectivity index (χ3n) is 2.58. The highest BCUT2D eigenvalue weighted by atomic mass is 32.2. The van der Waals surface area contributed by atoms with Crippen molar-refractivity contribution in [3.8, 4) is 12.3 Å². The lowest BCUT2D eigenvalue weighted by Gasteiger charge is -2.08. The fraction of sp³-hybridized carbons (Fsp3) is 0.0667. The predicted molar refractivity (Wildman–Crippen MR) is 76.4 cm³/mol. The Balaban J connectivity index is 2.34. The minimum Gasteiger partial charge on any atom is -0.280 e. The zero-order chi connectivity index (χ0) is 13.9. The van der Waals surface area contributed by atoms with Crippen molar-refractivity contribution in [2.75, 3.05) is 4.72 Å². The van der Waals surface area contributed by atoms with Crippen LogP contribution in [0.2, 0.25) is 0 Å². The zero-order valence-electron chi connectivity index (χ0n) is 10.4. The smallest absolute Gasteiger partial charge is 0.261 e. The number of anilines is 1. The summed E-state index contributed by atoms with van der Waals surface area (Å²) in [4.78, 5) is 0.235. The van der Waals surface area contributed by atoms with E-state index in [1.165, 1.54) is 0 Å². The molecule has 96 valence electrons. The van der Waals surface area contributed by atoms with Gasteiger partial charge in [0.15, 0.2) is 0 Å². The van der Waals surface area contributed by atoms with Crippen LogP contribution in [0.5, 0.6) is 0 Å². The molecule has 0 saturated carbocycles. The second-order valence-corrected chi connectivity index (χ2v) is 5.83. The lowest BCUT2D eigenvalue weighted by Crippen LogP contribution is -2.13. The predicted octanol–water partition coefficient (Wildman–Crippen LogP) is 2.78. The summed E-state index contributed by atoms with van der Waals surface area (Å²) in [5.41, 5.74) is 1.97. The molecule has 0 radical (unpaired) electrons. The van der Waals surface area contributed by atoms with E-state index < -0.39 is 10.0 Å². The van der Waals surface area contributed by atoms with Crippen LogP contribution in [0, 0.1) is 19.3 Å². The Labute approximate surface area is 113 Å². The molecular weight excluding hydrogens is 258 g/mol. The fourth-order valence-corrected chi connectivity index (χ4v) is 2.82. The number of terminal acetylenes is 1. The highest BCUT2D eigenvalue weighted by molar-refractivity contribution is 7.92. The Morgan fingerprint density at radius 1 is 1.11 bits per heavy atom. The molecule has 4 heteroatoms. The van der Waals surface area contributed by atoms with E-state index in [0.29, 0.717) is 11.3 Å². The molecule has 0 atom stereocenters. The topological polar surface area (TPSA) is 46.2 Å². The Kier molecular flexibility index (Phi) is 3.59. The van der Waals surface area contributed by atoms with Gasteiger partial charge in [0, 0.05) is 5.56 Å². The van der Waals surface area contributed by atoms with Crippen LogP contribution in [-0.2, 0) is 10.0 Å². The second-order valence-electron chi connectivity index (χ2n) is 4.15. The molecule has 2 aromatic carbocycles. The number of hydrogen-bond donors (Lipinski definition) is 1. The van der Waals surface area contributed by atoms with Crippen LogP contribution < -0.4 is 4.72 Å². The van der Waals surface area contributed by atoms with Gasteiger partial charge in [-0.25, -0.2) is 8.42 Å². The molecule has 0 amide bonds. The molecule has 0 aliphatic carbocycles. The highest BCUT2D eigenvalue weighted by Crippen LogP contribution is 2.17. The minimum atomic E-state index is -3.58. The molecule has 0 aromatic heterocycles. The summed E-state index contributed by atoms with van der Waals surface area (Å²) in [6.07, 6.45) is 5.29. The number of nitrogens with one attached hydrogen (secondary N) is 1. The van der Waals surface area contributed by atoms with Crippen molar-refractivity contribution in [3.63, 3.8) is 0 Å². The lowest BCUT2D eigenvalue weighted by molar-refractivity contribution is 0.601. The molecule has 3 nitrogen and oxygen atoms in total. The summed E-state index contributed by atoms with van der Waals surface area (Å²) in [5.74, 6) is 2.47. The molecule has 1 N–H and O–H groups in total. The molecule has 0 heterocycles. The van der Waals surface area contributed by atoms with Gasteiger partial charge in [0.05, 0.1) is 10.6 Å². The summed E-state index contributed by atoms with van der Waals surface area (Å²) in [6, 6.07) is 13.5. The van der Waals surface area contributed by atoms with Gasteiger partial charge in [0.25, 0.3) is 10.0 Å².